The lowest BCUT2D eigenvalue weighted by atomic mass is 10.1. The number of carbonyl (C=O) groups excluding carboxylic acids is 1. The number of rotatable bonds is 8. The molecule has 5 rings (SSSR count). The normalized spacial score (nSPS) is 13.5. The maximum atomic E-state index is 12.6. The predicted molar refractivity (Wildman–Crippen MR) is 139 cm³/mol. The fraction of sp³-hybridized carbons (Fsp3) is 0.267. The molecule has 0 unspecified atom stereocenters. The highest BCUT2D eigenvalue weighted by molar-refractivity contribution is 5.86. The lowest BCUT2D eigenvalue weighted by Crippen LogP contribution is -2.41. The molecule has 6 heteroatoms. The molecule has 1 aromatic heterocycles. The molecule has 6 nitrogen and oxygen atoms in total. The van der Waals surface area contributed by atoms with Crippen molar-refractivity contribution in [1.82, 2.24) is 9.88 Å². The van der Waals surface area contributed by atoms with Crippen molar-refractivity contribution in [2.45, 2.75) is 26.6 Å². The second-order valence-corrected chi connectivity index (χ2v) is 8.91. The van der Waals surface area contributed by atoms with Crippen LogP contribution in [-0.4, -0.2) is 42.1 Å². The van der Waals surface area contributed by atoms with Gasteiger partial charge < -0.3 is 19.1 Å². The number of hydrogen-bond donors (Lipinski definition) is 0. The Morgan fingerprint density at radius 1 is 0.889 bits per heavy atom. The highest BCUT2D eigenvalue weighted by Crippen LogP contribution is 2.31. The summed E-state index contributed by atoms with van der Waals surface area (Å²) in [6.07, 6.45) is 0.349. The first-order valence-electron chi connectivity index (χ1n) is 12.3. The predicted octanol–water partition coefficient (Wildman–Crippen LogP) is 5.10. The summed E-state index contributed by atoms with van der Waals surface area (Å²) in [5, 5.41) is 0.985. The van der Waals surface area contributed by atoms with Crippen LogP contribution in [0.25, 0.3) is 10.9 Å². The zero-order valence-corrected chi connectivity index (χ0v) is 20.5. The van der Waals surface area contributed by atoms with Crippen LogP contribution in [0.3, 0.4) is 0 Å². The molecule has 0 radical (unpaired) electrons. The van der Waals surface area contributed by atoms with Gasteiger partial charge >= 0.3 is 0 Å². The summed E-state index contributed by atoms with van der Waals surface area (Å²) >= 11 is 0. The molecule has 1 aliphatic rings. The van der Waals surface area contributed by atoms with Crippen LogP contribution in [0.2, 0.25) is 0 Å². The van der Waals surface area contributed by atoms with Crippen LogP contribution in [0.5, 0.6) is 11.5 Å². The fourth-order valence-electron chi connectivity index (χ4n) is 4.38. The first-order valence-corrected chi connectivity index (χ1v) is 12.3. The summed E-state index contributed by atoms with van der Waals surface area (Å²) in [4.78, 5) is 19.4. The number of fused-ring (bicyclic) bond motifs is 1. The Balaban J connectivity index is 1.31. The average molecular weight is 483 g/mol. The van der Waals surface area contributed by atoms with Gasteiger partial charge in [0.2, 0.25) is 5.91 Å². The summed E-state index contributed by atoms with van der Waals surface area (Å²) < 4.78 is 17.8. The number of benzene rings is 3. The summed E-state index contributed by atoms with van der Waals surface area (Å²) in [6, 6.07) is 25.9. The molecular formula is C30H30N2O4. The number of aromatic nitrogens is 1. The van der Waals surface area contributed by atoms with Gasteiger partial charge in [0.25, 0.3) is 0 Å². The second-order valence-electron chi connectivity index (χ2n) is 8.91. The summed E-state index contributed by atoms with van der Waals surface area (Å²) in [5.74, 6) is 1.65. The van der Waals surface area contributed by atoms with Crippen molar-refractivity contribution in [3.8, 4) is 11.5 Å². The van der Waals surface area contributed by atoms with E-state index in [0.717, 1.165) is 39.0 Å². The largest absolute Gasteiger partial charge is 0.488 e. The maximum Gasteiger partial charge on any atom is 0.227 e. The Hall–Kier alpha value is -3.90. The Kier molecular flexibility index (Phi) is 7.43. The number of nitrogens with zero attached hydrogens (tertiary/aromatic N) is 2. The van der Waals surface area contributed by atoms with Gasteiger partial charge in [-0.2, -0.15) is 0 Å². The third-order valence-electron chi connectivity index (χ3n) is 6.40. The van der Waals surface area contributed by atoms with Gasteiger partial charge in [-0.25, -0.2) is 4.98 Å². The highest BCUT2D eigenvalue weighted by Gasteiger charge is 2.18. The smallest absolute Gasteiger partial charge is 0.227 e. The van der Waals surface area contributed by atoms with Crippen molar-refractivity contribution >= 4 is 16.8 Å². The van der Waals surface area contributed by atoms with Gasteiger partial charge in [0.05, 0.1) is 30.8 Å². The molecule has 0 bridgehead atoms. The van der Waals surface area contributed by atoms with E-state index in [9.17, 15) is 4.79 Å². The molecule has 0 N–H and O–H groups in total. The van der Waals surface area contributed by atoms with Crippen molar-refractivity contribution in [2.24, 2.45) is 0 Å². The van der Waals surface area contributed by atoms with E-state index in [1.165, 1.54) is 0 Å². The quantitative estimate of drug-likeness (QED) is 0.350. The van der Waals surface area contributed by atoms with Crippen LogP contribution in [0.15, 0.2) is 78.9 Å². The minimum atomic E-state index is 0.114. The number of hydrogen-bond acceptors (Lipinski definition) is 5. The summed E-state index contributed by atoms with van der Waals surface area (Å²) in [6.45, 7) is 5.31. The van der Waals surface area contributed by atoms with Gasteiger partial charge in [-0.1, -0.05) is 54.6 Å². The van der Waals surface area contributed by atoms with Gasteiger partial charge in [0.15, 0.2) is 0 Å². The third-order valence-corrected chi connectivity index (χ3v) is 6.40. The molecular weight excluding hydrogens is 452 g/mol. The molecule has 2 heterocycles. The fourth-order valence-corrected chi connectivity index (χ4v) is 4.38. The van der Waals surface area contributed by atoms with Gasteiger partial charge in [-0.15, -0.1) is 0 Å². The van der Waals surface area contributed by atoms with Crippen LogP contribution < -0.4 is 9.47 Å². The first kappa shape index (κ1) is 23.8. The molecule has 0 saturated carbocycles. The van der Waals surface area contributed by atoms with E-state index in [1.807, 2.05) is 78.6 Å². The lowest BCUT2D eigenvalue weighted by molar-refractivity contribution is -0.134. The van der Waals surface area contributed by atoms with Crippen LogP contribution >= 0.6 is 0 Å². The van der Waals surface area contributed by atoms with E-state index in [2.05, 4.69) is 12.1 Å². The van der Waals surface area contributed by atoms with Gasteiger partial charge in [0.1, 0.15) is 24.7 Å². The number of morpholine rings is 1. The van der Waals surface area contributed by atoms with E-state index < -0.39 is 0 Å². The molecule has 0 spiro atoms. The zero-order valence-electron chi connectivity index (χ0n) is 20.5. The third kappa shape index (κ3) is 5.66. The molecule has 4 aromatic rings. The molecule has 3 aromatic carbocycles. The minimum Gasteiger partial charge on any atom is -0.488 e. The van der Waals surface area contributed by atoms with Crippen LogP contribution in [0, 0.1) is 6.92 Å². The van der Waals surface area contributed by atoms with Crippen molar-refractivity contribution in [3.05, 3.63) is 101 Å². The minimum absolute atomic E-state index is 0.114. The molecule has 184 valence electrons. The molecule has 36 heavy (non-hydrogen) atoms. The van der Waals surface area contributed by atoms with Crippen LogP contribution in [0.1, 0.15) is 22.4 Å². The molecule has 0 aliphatic carbocycles. The van der Waals surface area contributed by atoms with E-state index >= 15 is 0 Å². The summed E-state index contributed by atoms with van der Waals surface area (Å²) in [7, 11) is 0. The van der Waals surface area contributed by atoms with Crippen molar-refractivity contribution in [1.29, 1.82) is 0 Å². The SMILES string of the molecule is Cc1c(COc2cccc(CC(=O)N3CCOCC3)c2)nc2ccccc2c1OCc1ccccc1. The van der Waals surface area contributed by atoms with Crippen molar-refractivity contribution < 1.29 is 19.0 Å². The number of ether oxygens (including phenoxy) is 3. The van der Waals surface area contributed by atoms with Crippen LogP contribution in [0.4, 0.5) is 0 Å². The molecule has 1 amide bonds. The van der Waals surface area contributed by atoms with E-state index in [4.69, 9.17) is 19.2 Å². The van der Waals surface area contributed by atoms with Crippen LogP contribution in [-0.2, 0) is 29.2 Å². The second kappa shape index (κ2) is 11.2. The van der Waals surface area contributed by atoms with Gasteiger partial charge in [0, 0.05) is 24.0 Å². The lowest BCUT2D eigenvalue weighted by Gasteiger charge is -2.26. The highest BCUT2D eigenvalue weighted by atomic mass is 16.5. The molecule has 1 aliphatic heterocycles. The number of carbonyl (C=O) groups is 1. The van der Waals surface area contributed by atoms with Gasteiger partial charge in [-0.05, 0) is 42.3 Å². The van der Waals surface area contributed by atoms with E-state index in [-0.39, 0.29) is 5.91 Å². The van der Waals surface area contributed by atoms with Crippen molar-refractivity contribution in [2.75, 3.05) is 26.3 Å². The molecule has 1 fully saturated rings. The maximum absolute atomic E-state index is 12.6. The molecule has 1 saturated heterocycles. The van der Waals surface area contributed by atoms with Gasteiger partial charge in [-0.3, -0.25) is 4.79 Å². The first-order chi connectivity index (χ1) is 17.7. The number of para-hydroxylation sites is 1. The van der Waals surface area contributed by atoms with E-state index in [0.29, 0.717) is 51.7 Å². The Morgan fingerprint density at radius 3 is 2.47 bits per heavy atom. The standard InChI is InChI=1S/C30H30N2O4/c1-22-28(21-35-25-11-7-10-24(18-25)19-29(33)32-14-16-34-17-15-32)31-27-13-6-5-12-26(27)30(22)36-20-23-8-3-2-4-9-23/h2-13,18H,14-17,19-21H2,1H3. The monoisotopic (exact) mass is 482 g/mol. The zero-order chi connectivity index (χ0) is 24.7. The Bertz CT molecular complexity index is 1330. The Labute approximate surface area is 211 Å². The summed E-state index contributed by atoms with van der Waals surface area (Å²) in [5.41, 5.74) is 4.70. The number of amides is 1. The van der Waals surface area contributed by atoms with E-state index in [1.54, 1.807) is 0 Å². The Morgan fingerprint density at radius 2 is 1.64 bits per heavy atom. The molecule has 0 atom stereocenters. The topological polar surface area (TPSA) is 60.9 Å². The number of pyridine rings is 1. The average Bonchev–Trinajstić information content (AvgIpc) is 2.93. The van der Waals surface area contributed by atoms with Crippen molar-refractivity contribution in [3.63, 3.8) is 0 Å².